The van der Waals surface area contributed by atoms with Gasteiger partial charge in [-0.05, 0) is 51.3 Å². The normalized spacial score (nSPS) is 13.0. The fourth-order valence-electron chi connectivity index (χ4n) is 2.42. The van der Waals surface area contributed by atoms with Crippen LogP contribution in [0.5, 0.6) is 0 Å². The summed E-state index contributed by atoms with van der Waals surface area (Å²) < 4.78 is 7.12. The SMILES string of the molecule is Cc1cccc([C@H](C)c2cn(COC(=O)C(C)(C)C)cn2)c1C. The number of benzene rings is 1. The second-order valence-corrected chi connectivity index (χ2v) is 7.13. The van der Waals surface area contributed by atoms with Gasteiger partial charge in [-0.15, -0.1) is 0 Å². The molecule has 0 aliphatic heterocycles. The van der Waals surface area contributed by atoms with E-state index in [2.05, 4.69) is 44.0 Å². The Bertz CT molecular complexity index is 696. The molecule has 0 N–H and O–H groups in total. The molecule has 1 heterocycles. The van der Waals surface area contributed by atoms with Crippen LogP contribution in [0.1, 0.15) is 56.0 Å². The van der Waals surface area contributed by atoms with E-state index in [9.17, 15) is 4.79 Å². The number of hydrogen-bond donors (Lipinski definition) is 0. The lowest BCUT2D eigenvalue weighted by Crippen LogP contribution is -2.23. The van der Waals surface area contributed by atoms with Gasteiger partial charge in [0.05, 0.1) is 17.4 Å². The molecular weight excluding hydrogens is 288 g/mol. The van der Waals surface area contributed by atoms with Crippen molar-refractivity contribution in [1.82, 2.24) is 9.55 Å². The largest absolute Gasteiger partial charge is 0.443 e. The Labute approximate surface area is 138 Å². The van der Waals surface area contributed by atoms with Crippen molar-refractivity contribution in [3.63, 3.8) is 0 Å². The second-order valence-electron chi connectivity index (χ2n) is 7.13. The lowest BCUT2D eigenvalue weighted by Gasteiger charge is -2.16. The molecule has 2 rings (SSSR count). The first-order valence-electron chi connectivity index (χ1n) is 7.95. The summed E-state index contributed by atoms with van der Waals surface area (Å²) in [5, 5.41) is 0. The molecule has 0 aliphatic carbocycles. The minimum absolute atomic E-state index is 0.197. The predicted octanol–water partition coefficient (Wildman–Crippen LogP) is 4.20. The van der Waals surface area contributed by atoms with Gasteiger partial charge in [0.15, 0.2) is 6.73 Å². The lowest BCUT2D eigenvalue weighted by atomic mass is 9.92. The van der Waals surface area contributed by atoms with Crippen LogP contribution in [0.3, 0.4) is 0 Å². The Morgan fingerprint density at radius 3 is 2.65 bits per heavy atom. The number of ether oxygens (including phenoxy) is 1. The maximum absolute atomic E-state index is 11.8. The lowest BCUT2D eigenvalue weighted by molar-refractivity contribution is -0.156. The molecular formula is C19H26N2O2. The van der Waals surface area contributed by atoms with E-state index in [0.29, 0.717) is 0 Å². The van der Waals surface area contributed by atoms with Crippen LogP contribution in [0.4, 0.5) is 0 Å². The van der Waals surface area contributed by atoms with Crippen molar-refractivity contribution in [3.05, 3.63) is 53.1 Å². The third-order valence-electron chi connectivity index (χ3n) is 4.17. The van der Waals surface area contributed by atoms with Gasteiger partial charge in [-0.25, -0.2) is 4.98 Å². The first-order chi connectivity index (χ1) is 10.7. The van der Waals surface area contributed by atoms with Crippen molar-refractivity contribution in [2.75, 3.05) is 0 Å². The highest BCUT2D eigenvalue weighted by Gasteiger charge is 2.23. The number of carbonyl (C=O) groups excluding carboxylic acids is 1. The average Bonchev–Trinajstić information content (AvgIpc) is 2.94. The summed E-state index contributed by atoms with van der Waals surface area (Å²) in [5.41, 5.74) is 4.35. The highest BCUT2D eigenvalue weighted by molar-refractivity contribution is 5.75. The van der Waals surface area contributed by atoms with E-state index in [-0.39, 0.29) is 18.6 Å². The van der Waals surface area contributed by atoms with Crippen LogP contribution in [0, 0.1) is 19.3 Å². The Morgan fingerprint density at radius 2 is 2.00 bits per heavy atom. The Balaban J connectivity index is 2.10. The minimum atomic E-state index is -0.491. The fraction of sp³-hybridized carbons (Fsp3) is 0.474. The van der Waals surface area contributed by atoms with Gasteiger partial charge in [0.2, 0.25) is 0 Å². The molecule has 1 aromatic heterocycles. The van der Waals surface area contributed by atoms with Crippen molar-refractivity contribution in [2.24, 2.45) is 5.41 Å². The van der Waals surface area contributed by atoms with Gasteiger partial charge < -0.3 is 9.30 Å². The summed E-state index contributed by atoms with van der Waals surface area (Å²) in [6.07, 6.45) is 3.66. The molecule has 0 spiro atoms. The van der Waals surface area contributed by atoms with E-state index >= 15 is 0 Å². The molecule has 0 saturated heterocycles. The molecule has 0 bridgehead atoms. The Hall–Kier alpha value is -2.10. The number of rotatable bonds is 4. The number of aromatic nitrogens is 2. The fourth-order valence-corrected chi connectivity index (χ4v) is 2.42. The van der Waals surface area contributed by atoms with Gasteiger partial charge in [0.25, 0.3) is 0 Å². The molecule has 1 aromatic carbocycles. The van der Waals surface area contributed by atoms with Crippen molar-refractivity contribution in [1.29, 1.82) is 0 Å². The van der Waals surface area contributed by atoms with Crippen LogP contribution >= 0.6 is 0 Å². The van der Waals surface area contributed by atoms with E-state index in [1.54, 1.807) is 10.9 Å². The number of nitrogens with zero attached hydrogens (tertiary/aromatic N) is 2. The molecule has 23 heavy (non-hydrogen) atoms. The first kappa shape index (κ1) is 17.3. The molecule has 0 radical (unpaired) electrons. The zero-order valence-corrected chi connectivity index (χ0v) is 14.9. The standard InChI is InChI=1S/C19H26N2O2/c1-13-8-7-9-16(14(13)2)15(3)17-10-21(11-20-17)12-23-18(22)19(4,5)6/h7-11,15H,12H2,1-6H3/t15-/m0/s1. The van der Waals surface area contributed by atoms with Gasteiger partial charge in [-0.1, -0.05) is 25.1 Å². The average molecular weight is 314 g/mol. The third kappa shape index (κ3) is 4.01. The number of imidazole rings is 1. The van der Waals surface area contributed by atoms with Gasteiger partial charge in [0.1, 0.15) is 0 Å². The Morgan fingerprint density at radius 1 is 1.30 bits per heavy atom. The molecule has 2 aromatic rings. The highest BCUT2D eigenvalue weighted by atomic mass is 16.5. The van der Waals surface area contributed by atoms with Gasteiger partial charge >= 0.3 is 5.97 Å². The maximum atomic E-state index is 11.8. The van der Waals surface area contributed by atoms with Crippen LogP contribution in [-0.2, 0) is 16.3 Å². The van der Waals surface area contributed by atoms with E-state index in [1.807, 2.05) is 27.0 Å². The van der Waals surface area contributed by atoms with E-state index in [4.69, 9.17) is 4.74 Å². The molecule has 1 atom stereocenters. The molecule has 4 nitrogen and oxygen atoms in total. The zero-order chi connectivity index (χ0) is 17.2. The summed E-state index contributed by atoms with van der Waals surface area (Å²) in [7, 11) is 0. The van der Waals surface area contributed by atoms with Crippen LogP contribution in [0.15, 0.2) is 30.7 Å². The molecule has 124 valence electrons. The molecule has 0 fully saturated rings. The van der Waals surface area contributed by atoms with E-state index in [1.165, 1.54) is 16.7 Å². The number of carbonyl (C=O) groups is 1. The third-order valence-corrected chi connectivity index (χ3v) is 4.17. The predicted molar refractivity (Wildman–Crippen MR) is 91.2 cm³/mol. The van der Waals surface area contributed by atoms with Crippen molar-refractivity contribution < 1.29 is 9.53 Å². The molecule has 0 saturated carbocycles. The van der Waals surface area contributed by atoms with Gasteiger partial charge in [-0.3, -0.25) is 4.79 Å². The summed E-state index contributed by atoms with van der Waals surface area (Å²) in [6, 6.07) is 6.35. The van der Waals surface area contributed by atoms with Gasteiger partial charge in [-0.2, -0.15) is 0 Å². The minimum Gasteiger partial charge on any atom is -0.443 e. The van der Waals surface area contributed by atoms with E-state index in [0.717, 1.165) is 5.69 Å². The smallest absolute Gasteiger partial charge is 0.312 e. The van der Waals surface area contributed by atoms with Crippen LogP contribution in [0.25, 0.3) is 0 Å². The topological polar surface area (TPSA) is 44.1 Å². The molecule has 0 aliphatic rings. The van der Waals surface area contributed by atoms with Crippen LogP contribution < -0.4 is 0 Å². The number of esters is 1. The van der Waals surface area contributed by atoms with Crippen molar-refractivity contribution in [2.45, 2.75) is 54.2 Å². The summed E-state index contributed by atoms with van der Waals surface area (Å²) in [6.45, 7) is 12.1. The van der Waals surface area contributed by atoms with E-state index < -0.39 is 5.41 Å². The molecule has 0 unspecified atom stereocenters. The number of hydrogen-bond acceptors (Lipinski definition) is 3. The molecule has 4 heteroatoms. The van der Waals surface area contributed by atoms with Crippen LogP contribution in [-0.4, -0.2) is 15.5 Å². The summed E-state index contributed by atoms with van der Waals surface area (Å²) >= 11 is 0. The van der Waals surface area contributed by atoms with Crippen molar-refractivity contribution in [3.8, 4) is 0 Å². The highest BCUT2D eigenvalue weighted by Crippen LogP contribution is 2.27. The number of aryl methyl sites for hydroxylation is 1. The summed E-state index contributed by atoms with van der Waals surface area (Å²) in [5.74, 6) is -0.00945. The summed E-state index contributed by atoms with van der Waals surface area (Å²) in [4.78, 5) is 16.3. The molecule has 0 amide bonds. The second kappa shape index (κ2) is 6.57. The monoisotopic (exact) mass is 314 g/mol. The quantitative estimate of drug-likeness (QED) is 0.794. The van der Waals surface area contributed by atoms with Crippen LogP contribution in [0.2, 0.25) is 0 Å². The zero-order valence-electron chi connectivity index (χ0n) is 14.9. The maximum Gasteiger partial charge on any atom is 0.312 e. The van der Waals surface area contributed by atoms with Gasteiger partial charge in [0, 0.05) is 12.1 Å². The first-order valence-corrected chi connectivity index (χ1v) is 7.95. The van der Waals surface area contributed by atoms with Crippen molar-refractivity contribution >= 4 is 5.97 Å². The Kier molecular flexibility index (Phi) is 4.93.